The van der Waals surface area contributed by atoms with Crippen LogP contribution >= 0.6 is 0 Å². The van der Waals surface area contributed by atoms with E-state index in [1.54, 1.807) is 12.1 Å². The fourth-order valence-electron chi connectivity index (χ4n) is 2.40. The summed E-state index contributed by atoms with van der Waals surface area (Å²) >= 11 is 0. The lowest BCUT2D eigenvalue weighted by molar-refractivity contribution is 0.0527. The normalized spacial score (nSPS) is 10.9. The van der Waals surface area contributed by atoms with Crippen LogP contribution in [0.3, 0.4) is 0 Å². The molecule has 0 aliphatic carbocycles. The molecule has 6 nitrogen and oxygen atoms in total. The standard InChI is InChI=1S/C22H27NO5/c1-22(2,3)28-21(25)23-14-13-16-7-11-19(12-8-16)27-15-17-5-9-18(10-6-17)20(24)26-4/h5-12H,13-15H2,1-4H3,(H,23,25). The summed E-state index contributed by atoms with van der Waals surface area (Å²) in [6.45, 7) is 6.40. The molecule has 0 aromatic heterocycles. The van der Waals surface area contributed by atoms with Gasteiger partial charge in [0.2, 0.25) is 0 Å². The predicted octanol–water partition coefficient (Wildman–Crippen LogP) is 4.12. The molecule has 0 fully saturated rings. The van der Waals surface area contributed by atoms with Crippen molar-refractivity contribution in [3.8, 4) is 5.75 Å². The van der Waals surface area contributed by atoms with Crippen LogP contribution in [0.25, 0.3) is 0 Å². The Balaban J connectivity index is 1.76. The van der Waals surface area contributed by atoms with Gasteiger partial charge in [0.15, 0.2) is 0 Å². The lowest BCUT2D eigenvalue weighted by atomic mass is 10.1. The van der Waals surface area contributed by atoms with Crippen molar-refractivity contribution in [1.29, 1.82) is 0 Å². The Bertz CT molecular complexity index is 776. The van der Waals surface area contributed by atoms with Crippen LogP contribution in [0.4, 0.5) is 4.79 Å². The average molecular weight is 385 g/mol. The number of hydrogen-bond donors (Lipinski definition) is 1. The molecule has 1 N–H and O–H groups in total. The van der Waals surface area contributed by atoms with Gasteiger partial charge in [0.05, 0.1) is 12.7 Å². The maximum atomic E-state index is 11.6. The molecule has 0 atom stereocenters. The molecule has 0 saturated carbocycles. The average Bonchev–Trinajstić information content (AvgIpc) is 2.66. The van der Waals surface area contributed by atoms with Crippen molar-refractivity contribution in [3.05, 3.63) is 65.2 Å². The van der Waals surface area contributed by atoms with Gasteiger partial charge in [-0.25, -0.2) is 9.59 Å². The smallest absolute Gasteiger partial charge is 0.407 e. The van der Waals surface area contributed by atoms with Gasteiger partial charge >= 0.3 is 12.1 Å². The van der Waals surface area contributed by atoms with Crippen LogP contribution in [-0.2, 0) is 22.5 Å². The van der Waals surface area contributed by atoms with Gasteiger partial charge in [-0.1, -0.05) is 24.3 Å². The Morgan fingerprint density at radius 3 is 2.11 bits per heavy atom. The highest BCUT2D eigenvalue weighted by Gasteiger charge is 2.15. The van der Waals surface area contributed by atoms with Crippen LogP contribution in [0, 0.1) is 0 Å². The van der Waals surface area contributed by atoms with Gasteiger partial charge in [-0.05, 0) is 62.6 Å². The minimum absolute atomic E-state index is 0.357. The summed E-state index contributed by atoms with van der Waals surface area (Å²) < 4.78 is 15.6. The molecule has 150 valence electrons. The van der Waals surface area contributed by atoms with E-state index < -0.39 is 11.7 Å². The van der Waals surface area contributed by atoms with E-state index in [-0.39, 0.29) is 5.97 Å². The first-order valence-electron chi connectivity index (χ1n) is 9.13. The zero-order valence-corrected chi connectivity index (χ0v) is 16.8. The topological polar surface area (TPSA) is 73.9 Å². The van der Waals surface area contributed by atoms with Gasteiger partial charge in [-0.15, -0.1) is 0 Å². The second-order valence-electron chi connectivity index (χ2n) is 7.30. The Kier molecular flexibility index (Phi) is 7.44. The van der Waals surface area contributed by atoms with Crippen molar-refractivity contribution in [1.82, 2.24) is 5.32 Å². The number of benzene rings is 2. The molecular weight excluding hydrogens is 358 g/mol. The third-order valence-electron chi connectivity index (χ3n) is 3.79. The molecule has 2 aromatic rings. The maximum absolute atomic E-state index is 11.6. The lowest BCUT2D eigenvalue weighted by Gasteiger charge is -2.19. The second kappa shape index (κ2) is 9.78. The molecule has 0 bridgehead atoms. The Labute approximate surface area is 165 Å². The fourth-order valence-corrected chi connectivity index (χ4v) is 2.40. The van der Waals surface area contributed by atoms with E-state index in [0.29, 0.717) is 25.1 Å². The fraction of sp³-hybridized carbons (Fsp3) is 0.364. The number of rotatable bonds is 7. The molecule has 0 saturated heterocycles. The Morgan fingerprint density at radius 1 is 0.929 bits per heavy atom. The largest absolute Gasteiger partial charge is 0.489 e. The van der Waals surface area contributed by atoms with Crippen molar-refractivity contribution < 1.29 is 23.8 Å². The summed E-state index contributed by atoms with van der Waals surface area (Å²) in [7, 11) is 1.36. The van der Waals surface area contributed by atoms with E-state index in [1.807, 2.05) is 57.2 Å². The number of hydrogen-bond acceptors (Lipinski definition) is 5. The molecule has 0 aliphatic heterocycles. The van der Waals surface area contributed by atoms with E-state index in [1.165, 1.54) is 7.11 Å². The van der Waals surface area contributed by atoms with Crippen LogP contribution in [0.5, 0.6) is 5.75 Å². The first-order chi connectivity index (χ1) is 13.3. The zero-order chi connectivity index (χ0) is 20.6. The minimum atomic E-state index is -0.497. The summed E-state index contributed by atoms with van der Waals surface area (Å²) in [6.07, 6.45) is 0.291. The van der Waals surface area contributed by atoms with Gasteiger partial charge in [0, 0.05) is 6.54 Å². The SMILES string of the molecule is COC(=O)c1ccc(COc2ccc(CCNC(=O)OC(C)(C)C)cc2)cc1. The number of nitrogens with one attached hydrogen (secondary N) is 1. The van der Waals surface area contributed by atoms with Gasteiger partial charge in [-0.3, -0.25) is 0 Å². The summed E-state index contributed by atoms with van der Waals surface area (Å²) in [5.74, 6) is 0.394. The van der Waals surface area contributed by atoms with Crippen LogP contribution in [-0.4, -0.2) is 31.3 Å². The molecule has 0 unspecified atom stereocenters. The van der Waals surface area contributed by atoms with Crippen molar-refractivity contribution in [2.75, 3.05) is 13.7 Å². The van der Waals surface area contributed by atoms with Crippen LogP contribution in [0.1, 0.15) is 42.3 Å². The summed E-state index contributed by atoms with van der Waals surface area (Å²) in [6, 6.07) is 14.8. The van der Waals surface area contributed by atoms with E-state index in [0.717, 1.165) is 16.9 Å². The van der Waals surface area contributed by atoms with Gasteiger partial charge in [-0.2, -0.15) is 0 Å². The number of amides is 1. The van der Waals surface area contributed by atoms with Crippen molar-refractivity contribution in [2.24, 2.45) is 0 Å². The molecule has 1 amide bonds. The quantitative estimate of drug-likeness (QED) is 0.726. The molecular formula is C22H27NO5. The van der Waals surface area contributed by atoms with E-state index in [2.05, 4.69) is 10.1 Å². The predicted molar refractivity (Wildman–Crippen MR) is 106 cm³/mol. The van der Waals surface area contributed by atoms with Gasteiger partial charge in [0.25, 0.3) is 0 Å². The summed E-state index contributed by atoms with van der Waals surface area (Å²) in [4.78, 5) is 23.0. The summed E-state index contributed by atoms with van der Waals surface area (Å²) in [5, 5.41) is 2.74. The van der Waals surface area contributed by atoms with Crippen molar-refractivity contribution in [2.45, 2.75) is 39.4 Å². The van der Waals surface area contributed by atoms with Gasteiger partial charge < -0.3 is 19.5 Å². The van der Waals surface area contributed by atoms with Crippen LogP contribution in [0.2, 0.25) is 0 Å². The highest BCUT2D eigenvalue weighted by atomic mass is 16.6. The molecule has 0 spiro atoms. The highest BCUT2D eigenvalue weighted by Crippen LogP contribution is 2.15. The molecule has 0 radical (unpaired) electrons. The third-order valence-corrected chi connectivity index (χ3v) is 3.79. The molecule has 0 heterocycles. The van der Waals surface area contributed by atoms with Crippen molar-refractivity contribution >= 4 is 12.1 Å². The molecule has 0 aliphatic rings. The van der Waals surface area contributed by atoms with Crippen LogP contribution < -0.4 is 10.1 Å². The number of alkyl carbamates (subject to hydrolysis) is 1. The number of ether oxygens (including phenoxy) is 3. The van der Waals surface area contributed by atoms with Gasteiger partial charge in [0.1, 0.15) is 18.0 Å². The first kappa shape index (κ1) is 21.3. The monoisotopic (exact) mass is 385 g/mol. The maximum Gasteiger partial charge on any atom is 0.407 e. The summed E-state index contributed by atoms with van der Waals surface area (Å²) in [5.41, 5.74) is 2.06. The third kappa shape index (κ3) is 7.31. The first-order valence-corrected chi connectivity index (χ1v) is 9.13. The second-order valence-corrected chi connectivity index (χ2v) is 7.30. The van der Waals surface area contributed by atoms with E-state index >= 15 is 0 Å². The molecule has 28 heavy (non-hydrogen) atoms. The lowest BCUT2D eigenvalue weighted by Crippen LogP contribution is -2.33. The molecule has 6 heteroatoms. The van der Waals surface area contributed by atoms with E-state index in [9.17, 15) is 9.59 Å². The number of esters is 1. The highest BCUT2D eigenvalue weighted by molar-refractivity contribution is 5.89. The number of methoxy groups -OCH3 is 1. The number of carbonyl (C=O) groups excluding carboxylic acids is 2. The van der Waals surface area contributed by atoms with Crippen molar-refractivity contribution in [3.63, 3.8) is 0 Å². The molecule has 2 rings (SSSR count). The van der Waals surface area contributed by atoms with Crippen LogP contribution in [0.15, 0.2) is 48.5 Å². The Morgan fingerprint density at radius 2 is 1.54 bits per heavy atom. The minimum Gasteiger partial charge on any atom is -0.489 e. The van der Waals surface area contributed by atoms with E-state index in [4.69, 9.17) is 9.47 Å². The Hall–Kier alpha value is -3.02. The molecule has 2 aromatic carbocycles. The number of carbonyl (C=O) groups is 2. The zero-order valence-electron chi connectivity index (χ0n) is 16.8.